The van der Waals surface area contributed by atoms with Gasteiger partial charge in [-0.2, -0.15) is 4.31 Å². The Labute approximate surface area is 172 Å². The monoisotopic (exact) mass is 413 g/mol. The van der Waals surface area contributed by atoms with Crippen LogP contribution in [0.3, 0.4) is 0 Å². The zero-order valence-corrected chi connectivity index (χ0v) is 17.8. The fourth-order valence-electron chi connectivity index (χ4n) is 4.24. The molecule has 0 bridgehead atoms. The van der Waals surface area contributed by atoms with Gasteiger partial charge in [0.25, 0.3) is 0 Å². The normalized spacial score (nSPS) is 17.4. The summed E-state index contributed by atoms with van der Waals surface area (Å²) < 4.78 is 27.6. The Kier molecular flexibility index (Phi) is 5.36. The summed E-state index contributed by atoms with van der Waals surface area (Å²) in [5.74, 6) is 0.0604. The maximum absolute atomic E-state index is 13.0. The molecular weight excluding hydrogens is 386 g/mol. The molecule has 7 heteroatoms. The molecular formula is C22H27N3O3S. The van der Waals surface area contributed by atoms with E-state index in [9.17, 15) is 13.2 Å². The Morgan fingerprint density at radius 3 is 2.41 bits per heavy atom. The van der Waals surface area contributed by atoms with Crippen molar-refractivity contribution in [2.75, 3.05) is 44.2 Å². The lowest BCUT2D eigenvalue weighted by molar-refractivity contribution is -0.130. The first-order valence-electron chi connectivity index (χ1n) is 10.0. The van der Waals surface area contributed by atoms with Gasteiger partial charge < -0.3 is 9.80 Å². The summed E-state index contributed by atoms with van der Waals surface area (Å²) in [4.78, 5) is 17.1. The maximum Gasteiger partial charge on any atom is 0.243 e. The molecule has 2 aromatic carbocycles. The van der Waals surface area contributed by atoms with Crippen LogP contribution in [0.2, 0.25) is 0 Å². The molecule has 1 amide bonds. The number of amides is 1. The largest absolute Gasteiger partial charge is 0.362 e. The molecule has 0 aliphatic carbocycles. The number of para-hydroxylation sites is 1. The van der Waals surface area contributed by atoms with Crippen molar-refractivity contribution in [3.63, 3.8) is 0 Å². The van der Waals surface area contributed by atoms with Crippen molar-refractivity contribution >= 4 is 21.6 Å². The number of benzene rings is 2. The average molecular weight is 414 g/mol. The molecule has 0 N–H and O–H groups in total. The molecule has 0 unspecified atom stereocenters. The Morgan fingerprint density at radius 1 is 0.966 bits per heavy atom. The van der Waals surface area contributed by atoms with E-state index < -0.39 is 10.0 Å². The van der Waals surface area contributed by atoms with Crippen LogP contribution in [0.15, 0.2) is 47.4 Å². The van der Waals surface area contributed by atoms with E-state index in [4.69, 9.17) is 0 Å². The van der Waals surface area contributed by atoms with E-state index in [1.54, 1.807) is 11.0 Å². The van der Waals surface area contributed by atoms with Crippen molar-refractivity contribution in [2.24, 2.45) is 0 Å². The number of aryl methyl sites for hydroxylation is 2. The quantitative estimate of drug-likeness (QED) is 0.771. The molecule has 0 saturated carbocycles. The van der Waals surface area contributed by atoms with Crippen molar-refractivity contribution < 1.29 is 13.2 Å². The highest BCUT2D eigenvalue weighted by Crippen LogP contribution is 2.27. The zero-order chi connectivity index (χ0) is 20.6. The lowest BCUT2D eigenvalue weighted by atomic mass is 10.2. The van der Waals surface area contributed by atoms with Gasteiger partial charge in [0.05, 0.1) is 11.4 Å². The Bertz CT molecular complexity index is 1030. The highest BCUT2D eigenvalue weighted by Gasteiger charge is 2.32. The van der Waals surface area contributed by atoms with Crippen LogP contribution in [-0.2, 0) is 21.2 Å². The van der Waals surface area contributed by atoms with E-state index in [2.05, 4.69) is 17.0 Å². The fourth-order valence-corrected chi connectivity index (χ4v) is 5.87. The number of hydrogen-bond acceptors (Lipinski definition) is 4. The zero-order valence-electron chi connectivity index (χ0n) is 17.0. The maximum atomic E-state index is 13.0. The van der Waals surface area contributed by atoms with Gasteiger partial charge in [0, 0.05) is 38.4 Å². The third-order valence-corrected chi connectivity index (χ3v) is 7.91. The lowest BCUT2D eigenvalue weighted by Crippen LogP contribution is -2.52. The Hall–Kier alpha value is -2.38. The Morgan fingerprint density at radius 2 is 1.69 bits per heavy atom. The van der Waals surface area contributed by atoms with E-state index in [0.717, 1.165) is 29.8 Å². The van der Waals surface area contributed by atoms with Crippen LogP contribution < -0.4 is 4.90 Å². The predicted molar refractivity (Wildman–Crippen MR) is 114 cm³/mol. The second-order valence-corrected chi connectivity index (χ2v) is 9.76. The van der Waals surface area contributed by atoms with Crippen molar-refractivity contribution in [3.8, 4) is 0 Å². The van der Waals surface area contributed by atoms with Crippen LogP contribution in [0, 0.1) is 13.8 Å². The van der Waals surface area contributed by atoms with Crippen LogP contribution in [0.25, 0.3) is 0 Å². The Balaban J connectivity index is 1.38. The number of nitrogens with zero attached hydrogens (tertiary/aromatic N) is 3. The number of carbonyl (C=O) groups excluding carboxylic acids is 1. The number of fused-ring (bicyclic) bond motifs is 1. The average Bonchev–Trinajstić information content (AvgIpc) is 3.11. The summed E-state index contributed by atoms with van der Waals surface area (Å²) in [5, 5.41) is 0. The van der Waals surface area contributed by atoms with Gasteiger partial charge in [-0.15, -0.1) is 0 Å². The minimum absolute atomic E-state index is 0.0604. The van der Waals surface area contributed by atoms with Crippen molar-refractivity contribution in [1.82, 2.24) is 9.21 Å². The molecule has 6 nitrogen and oxygen atoms in total. The fraction of sp³-hybridized carbons (Fsp3) is 0.409. The van der Waals surface area contributed by atoms with Gasteiger partial charge in [-0.05, 0) is 43.5 Å². The highest BCUT2D eigenvalue weighted by molar-refractivity contribution is 7.89. The molecule has 4 rings (SSSR count). The molecule has 0 aromatic heterocycles. The summed E-state index contributed by atoms with van der Waals surface area (Å²) in [6, 6.07) is 13.6. The summed E-state index contributed by atoms with van der Waals surface area (Å²) >= 11 is 0. The molecule has 1 saturated heterocycles. The first-order chi connectivity index (χ1) is 13.9. The van der Waals surface area contributed by atoms with Crippen LogP contribution in [0.1, 0.15) is 16.7 Å². The first-order valence-corrected chi connectivity index (χ1v) is 11.5. The minimum atomic E-state index is -3.54. The van der Waals surface area contributed by atoms with Gasteiger partial charge in [-0.1, -0.05) is 35.9 Å². The smallest absolute Gasteiger partial charge is 0.243 e. The second kappa shape index (κ2) is 7.80. The van der Waals surface area contributed by atoms with E-state index in [0.29, 0.717) is 37.6 Å². The van der Waals surface area contributed by atoms with Crippen molar-refractivity contribution in [1.29, 1.82) is 0 Å². The molecule has 1 fully saturated rings. The first kappa shape index (κ1) is 19.9. The lowest BCUT2D eigenvalue weighted by Gasteiger charge is -2.35. The summed E-state index contributed by atoms with van der Waals surface area (Å²) in [7, 11) is -3.54. The molecule has 154 valence electrons. The van der Waals surface area contributed by atoms with Gasteiger partial charge in [0.1, 0.15) is 0 Å². The molecule has 2 aliphatic rings. The number of anilines is 1. The summed E-state index contributed by atoms with van der Waals surface area (Å²) in [6.45, 7) is 6.50. The number of hydrogen-bond donors (Lipinski definition) is 0. The number of rotatable bonds is 4. The third-order valence-electron chi connectivity index (χ3n) is 5.85. The molecule has 2 aliphatic heterocycles. The predicted octanol–water partition coefficient (Wildman–Crippen LogP) is 2.20. The van der Waals surface area contributed by atoms with Crippen LogP contribution >= 0.6 is 0 Å². The van der Waals surface area contributed by atoms with Gasteiger partial charge >= 0.3 is 0 Å². The summed E-state index contributed by atoms with van der Waals surface area (Å²) in [6.07, 6.45) is 0.964. The number of sulfonamides is 1. The second-order valence-electron chi connectivity index (χ2n) is 7.85. The van der Waals surface area contributed by atoms with E-state index >= 15 is 0 Å². The highest BCUT2D eigenvalue weighted by atomic mass is 32.2. The topological polar surface area (TPSA) is 60.9 Å². The van der Waals surface area contributed by atoms with E-state index in [1.165, 1.54) is 9.87 Å². The minimum Gasteiger partial charge on any atom is -0.362 e. The van der Waals surface area contributed by atoms with Gasteiger partial charge in [0.15, 0.2) is 0 Å². The molecule has 2 heterocycles. The van der Waals surface area contributed by atoms with E-state index in [-0.39, 0.29) is 5.91 Å². The molecule has 2 aromatic rings. The van der Waals surface area contributed by atoms with Gasteiger partial charge in [0.2, 0.25) is 15.9 Å². The van der Waals surface area contributed by atoms with Crippen LogP contribution in [0.5, 0.6) is 0 Å². The molecule has 0 radical (unpaired) electrons. The van der Waals surface area contributed by atoms with Crippen molar-refractivity contribution in [3.05, 3.63) is 59.2 Å². The molecule has 0 atom stereocenters. The van der Waals surface area contributed by atoms with Crippen molar-refractivity contribution in [2.45, 2.75) is 25.2 Å². The van der Waals surface area contributed by atoms with Gasteiger partial charge in [-0.25, -0.2) is 8.42 Å². The van der Waals surface area contributed by atoms with E-state index in [1.807, 2.05) is 38.1 Å². The molecule has 29 heavy (non-hydrogen) atoms. The summed E-state index contributed by atoms with van der Waals surface area (Å²) in [5.41, 5.74) is 4.22. The number of carbonyl (C=O) groups is 1. The standard InChI is InChI=1S/C22H27N3O3S/c1-17-7-8-21(18(2)15-17)29(27,28)25-13-11-23(12-14-25)22(26)16-24-10-9-19-5-3-4-6-20(19)24/h3-8,15H,9-14,16H2,1-2H3. The SMILES string of the molecule is Cc1ccc(S(=O)(=O)N2CCN(C(=O)CN3CCc4ccccc43)CC2)c(C)c1. The van der Waals surface area contributed by atoms with Crippen LogP contribution in [-0.4, -0.2) is 62.8 Å². The third kappa shape index (κ3) is 3.89. The molecule has 0 spiro atoms. The van der Waals surface area contributed by atoms with Gasteiger partial charge in [-0.3, -0.25) is 4.79 Å². The van der Waals surface area contributed by atoms with Crippen LogP contribution in [0.4, 0.5) is 5.69 Å². The number of piperazine rings is 1.